The van der Waals surface area contributed by atoms with E-state index in [0.717, 1.165) is 4.57 Å². The van der Waals surface area contributed by atoms with Crippen molar-refractivity contribution in [1.82, 2.24) is 29.0 Å². The van der Waals surface area contributed by atoms with Crippen LogP contribution in [0.1, 0.15) is 50.3 Å². The fourth-order valence-corrected chi connectivity index (χ4v) is 6.77. The molecule has 4 aromatic rings. The molecule has 1 aromatic carbocycles. The molecule has 0 bridgehead atoms. The summed E-state index contributed by atoms with van der Waals surface area (Å²) in [5.41, 5.74) is -1.56. The second-order valence-electron chi connectivity index (χ2n) is 10.4. The maximum Gasteiger partial charge on any atom is 0.333 e. The SMILES string of the molecule is CCCO[C@@H](Cn1c(=O)n([C@]2(C)CCCN(C)C2=O)c(=O)c2c(C)c(-n3nccn3)sc21)c1cc(F)ccc1OC. The number of nitrogens with zero attached hydrogens (tertiary/aromatic N) is 6. The highest BCUT2D eigenvalue weighted by Gasteiger charge is 2.43. The number of fused-ring (bicyclic) bond motifs is 1. The van der Waals surface area contributed by atoms with Gasteiger partial charge in [0.2, 0.25) is 5.91 Å². The number of benzene rings is 1. The zero-order valence-corrected chi connectivity index (χ0v) is 24.5. The maximum atomic E-state index is 14.5. The molecule has 5 rings (SSSR count). The molecule has 1 fully saturated rings. The summed E-state index contributed by atoms with van der Waals surface area (Å²) in [6, 6.07) is 4.14. The van der Waals surface area contributed by atoms with E-state index in [9.17, 15) is 18.8 Å². The highest BCUT2D eigenvalue weighted by atomic mass is 32.1. The van der Waals surface area contributed by atoms with E-state index in [1.165, 1.54) is 58.4 Å². The summed E-state index contributed by atoms with van der Waals surface area (Å²) in [6.07, 6.45) is 3.91. The van der Waals surface area contributed by atoms with Gasteiger partial charge in [0.1, 0.15) is 33.0 Å². The number of carbonyl (C=O) groups excluding carboxylic acids is 1. The second-order valence-corrected chi connectivity index (χ2v) is 11.4. The minimum Gasteiger partial charge on any atom is -0.496 e. The second kappa shape index (κ2) is 11.2. The van der Waals surface area contributed by atoms with Gasteiger partial charge in [0.25, 0.3) is 5.56 Å². The number of piperidine rings is 1. The van der Waals surface area contributed by atoms with Crippen molar-refractivity contribution in [3.05, 3.63) is 68.4 Å². The number of aromatic nitrogens is 5. The van der Waals surface area contributed by atoms with Gasteiger partial charge in [-0.2, -0.15) is 10.2 Å². The highest BCUT2D eigenvalue weighted by molar-refractivity contribution is 7.21. The van der Waals surface area contributed by atoms with Crippen molar-refractivity contribution in [2.24, 2.45) is 0 Å². The number of likely N-dealkylation sites (N-methyl/N-ethyl adjacent to an activating group) is 1. The standard InChI is InChI=1S/C28H33FN6O5S/c1-6-14-40-21(19-15-18(29)8-9-20(19)39-5)16-33-25-22(17(2)24(41-25)35-30-11-12-31-35)23(36)34(27(33)38)28(3)10-7-13-32(4)26(28)37/h8-9,11-12,15,21H,6-7,10,13-14,16H2,1-5H3/t21-,28+/m0/s1. The van der Waals surface area contributed by atoms with Crippen molar-refractivity contribution >= 4 is 27.5 Å². The van der Waals surface area contributed by atoms with Crippen LogP contribution in [0.15, 0.2) is 40.2 Å². The third kappa shape index (κ3) is 4.86. The first kappa shape index (κ1) is 28.7. The van der Waals surface area contributed by atoms with E-state index in [2.05, 4.69) is 10.2 Å². The van der Waals surface area contributed by atoms with Gasteiger partial charge in [0.15, 0.2) is 0 Å². The van der Waals surface area contributed by atoms with Crippen LogP contribution >= 0.6 is 11.3 Å². The van der Waals surface area contributed by atoms with Gasteiger partial charge < -0.3 is 14.4 Å². The summed E-state index contributed by atoms with van der Waals surface area (Å²) in [6.45, 7) is 6.19. The first-order chi connectivity index (χ1) is 19.6. The molecule has 0 N–H and O–H groups in total. The van der Waals surface area contributed by atoms with Crippen LogP contribution in [-0.2, 0) is 21.6 Å². The Morgan fingerprint density at radius 3 is 2.61 bits per heavy atom. The molecule has 13 heteroatoms. The number of thiophene rings is 1. The molecule has 1 aliphatic rings. The Morgan fingerprint density at radius 2 is 1.93 bits per heavy atom. The third-order valence-electron chi connectivity index (χ3n) is 7.66. The van der Waals surface area contributed by atoms with Crippen LogP contribution in [0.3, 0.4) is 0 Å². The van der Waals surface area contributed by atoms with Crippen LogP contribution < -0.4 is 16.0 Å². The highest BCUT2D eigenvalue weighted by Crippen LogP contribution is 2.35. The van der Waals surface area contributed by atoms with Crippen molar-refractivity contribution in [1.29, 1.82) is 0 Å². The molecule has 1 amide bonds. The van der Waals surface area contributed by atoms with Gasteiger partial charge >= 0.3 is 5.69 Å². The molecule has 218 valence electrons. The fourth-order valence-electron chi connectivity index (χ4n) is 5.55. The molecule has 1 aliphatic heterocycles. The van der Waals surface area contributed by atoms with E-state index < -0.39 is 28.7 Å². The Hall–Kier alpha value is -3.84. The van der Waals surface area contributed by atoms with Crippen molar-refractivity contribution < 1.29 is 18.7 Å². The number of likely N-dealkylation sites (tertiary alicyclic amines) is 1. The molecule has 2 atom stereocenters. The molecule has 0 spiro atoms. The lowest BCUT2D eigenvalue weighted by molar-refractivity contribution is -0.142. The van der Waals surface area contributed by atoms with E-state index in [0.29, 0.717) is 64.5 Å². The zero-order valence-electron chi connectivity index (χ0n) is 23.7. The topological polar surface area (TPSA) is 113 Å². The van der Waals surface area contributed by atoms with Crippen LogP contribution in [0.25, 0.3) is 15.2 Å². The van der Waals surface area contributed by atoms with E-state index in [1.54, 1.807) is 25.8 Å². The van der Waals surface area contributed by atoms with Crippen LogP contribution in [0.5, 0.6) is 5.75 Å². The Balaban J connectivity index is 1.80. The third-order valence-corrected chi connectivity index (χ3v) is 8.94. The average molecular weight is 585 g/mol. The minimum atomic E-state index is -1.38. The Labute approximate surface area is 239 Å². The van der Waals surface area contributed by atoms with E-state index in [4.69, 9.17) is 9.47 Å². The van der Waals surface area contributed by atoms with Crippen LogP contribution in [0.4, 0.5) is 4.39 Å². The number of aryl methyl sites for hydroxylation is 1. The smallest absolute Gasteiger partial charge is 0.333 e. The number of methoxy groups -OCH3 is 1. The van der Waals surface area contributed by atoms with E-state index in [-0.39, 0.29) is 12.5 Å². The molecular weight excluding hydrogens is 551 g/mol. The Bertz CT molecular complexity index is 1710. The van der Waals surface area contributed by atoms with Gasteiger partial charge in [0, 0.05) is 31.3 Å². The average Bonchev–Trinajstić information content (AvgIpc) is 3.59. The predicted octanol–water partition coefficient (Wildman–Crippen LogP) is 3.40. The van der Waals surface area contributed by atoms with Crippen molar-refractivity contribution in [3.8, 4) is 10.8 Å². The summed E-state index contributed by atoms with van der Waals surface area (Å²) in [4.78, 5) is 45.4. The number of hydrogen-bond donors (Lipinski definition) is 0. The molecule has 0 radical (unpaired) electrons. The largest absolute Gasteiger partial charge is 0.496 e. The molecule has 0 saturated carbocycles. The number of rotatable bonds is 9. The minimum absolute atomic E-state index is 0.0541. The summed E-state index contributed by atoms with van der Waals surface area (Å²) in [7, 11) is 3.15. The van der Waals surface area contributed by atoms with Gasteiger partial charge in [-0.25, -0.2) is 13.8 Å². The van der Waals surface area contributed by atoms with Crippen molar-refractivity contribution in [2.75, 3.05) is 27.3 Å². The number of ether oxygens (including phenoxy) is 2. The zero-order chi connectivity index (χ0) is 29.5. The first-order valence-corrected chi connectivity index (χ1v) is 14.3. The lowest BCUT2D eigenvalue weighted by Crippen LogP contribution is -2.59. The van der Waals surface area contributed by atoms with Gasteiger partial charge in [-0.05, 0) is 51.3 Å². The summed E-state index contributed by atoms with van der Waals surface area (Å²) >= 11 is 1.20. The number of amides is 1. The molecule has 0 unspecified atom stereocenters. The number of halogens is 1. The molecule has 11 nitrogen and oxygen atoms in total. The van der Waals surface area contributed by atoms with Gasteiger partial charge in [-0.1, -0.05) is 18.3 Å². The van der Waals surface area contributed by atoms with Crippen LogP contribution in [-0.4, -0.2) is 62.2 Å². The van der Waals surface area contributed by atoms with Crippen LogP contribution in [0.2, 0.25) is 0 Å². The van der Waals surface area contributed by atoms with Gasteiger partial charge in [-0.3, -0.25) is 14.2 Å². The normalized spacial score (nSPS) is 18.3. The Morgan fingerprint density at radius 1 is 1.20 bits per heavy atom. The lowest BCUT2D eigenvalue weighted by Gasteiger charge is -2.38. The number of carbonyl (C=O) groups is 1. The first-order valence-electron chi connectivity index (χ1n) is 13.5. The molecule has 1 saturated heterocycles. The number of hydrogen-bond acceptors (Lipinski definition) is 8. The molecule has 4 heterocycles. The predicted molar refractivity (Wildman–Crippen MR) is 152 cm³/mol. The van der Waals surface area contributed by atoms with Crippen molar-refractivity contribution in [2.45, 2.75) is 58.2 Å². The summed E-state index contributed by atoms with van der Waals surface area (Å²) < 4.78 is 28.7. The van der Waals surface area contributed by atoms with Crippen molar-refractivity contribution in [3.63, 3.8) is 0 Å². The van der Waals surface area contributed by atoms with Gasteiger partial charge in [0.05, 0.1) is 31.4 Å². The Kier molecular flexibility index (Phi) is 7.84. The molecule has 0 aliphatic carbocycles. The van der Waals surface area contributed by atoms with Gasteiger partial charge in [-0.15, -0.1) is 4.80 Å². The summed E-state index contributed by atoms with van der Waals surface area (Å²) in [5.74, 6) is -0.373. The quantitative estimate of drug-likeness (QED) is 0.296. The summed E-state index contributed by atoms with van der Waals surface area (Å²) in [5, 5.41) is 9.32. The lowest BCUT2D eigenvalue weighted by atomic mass is 9.89. The van der Waals surface area contributed by atoms with Crippen LogP contribution in [0, 0.1) is 12.7 Å². The molecule has 3 aromatic heterocycles. The monoisotopic (exact) mass is 584 g/mol. The van der Waals surface area contributed by atoms with E-state index >= 15 is 0 Å². The fraction of sp³-hybridized carbons (Fsp3) is 0.464. The molecular formula is C28H33FN6O5S. The maximum absolute atomic E-state index is 14.5. The van der Waals surface area contributed by atoms with E-state index in [1.807, 2.05) is 6.92 Å². The molecule has 41 heavy (non-hydrogen) atoms.